The van der Waals surface area contributed by atoms with Gasteiger partial charge in [-0.1, -0.05) is 15.9 Å². The molecule has 3 rings (SSSR count). The molecule has 0 aliphatic heterocycles. The van der Waals surface area contributed by atoms with E-state index < -0.39 is 10.0 Å². The summed E-state index contributed by atoms with van der Waals surface area (Å²) in [5, 5.41) is 1.09. The van der Waals surface area contributed by atoms with Crippen molar-refractivity contribution in [2.24, 2.45) is 0 Å². The van der Waals surface area contributed by atoms with E-state index >= 15 is 0 Å². The van der Waals surface area contributed by atoms with Gasteiger partial charge in [0, 0.05) is 35.3 Å². The van der Waals surface area contributed by atoms with Crippen LogP contribution in [0, 0.1) is 0 Å². The quantitative estimate of drug-likeness (QED) is 0.654. The summed E-state index contributed by atoms with van der Waals surface area (Å²) in [4.78, 5) is 4.62. The van der Waals surface area contributed by atoms with E-state index in [1.54, 1.807) is 30.5 Å². The molecule has 0 amide bonds. The van der Waals surface area contributed by atoms with Crippen molar-refractivity contribution in [2.75, 3.05) is 6.54 Å². The zero-order chi connectivity index (χ0) is 16.3. The Morgan fingerprint density at radius 3 is 2.70 bits per heavy atom. The van der Waals surface area contributed by atoms with Crippen molar-refractivity contribution in [3.05, 3.63) is 59.3 Å². The van der Waals surface area contributed by atoms with Crippen molar-refractivity contribution < 1.29 is 8.42 Å². The van der Waals surface area contributed by atoms with Gasteiger partial charge in [-0.15, -0.1) is 0 Å². The molecule has 0 spiro atoms. The van der Waals surface area contributed by atoms with Gasteiger partial charge in [0.2, 0.25) is 10.0 Å². The first-order valence-electron chi connectivity index (χ1n) is 7.21. The highest BCUT2D eigenvalue weighted by Gasteiger charge is 2.12. The van der Waals surface area contributed by atoms with Gasteiger partial charge in [-0.2, -0.15) is 0 Å². The van der Waals surface area contributed by atoms with Gasteiger partial charge in [-0.3, -0.25) is 0 Å². The molecule has 0 unspecified atom stereocenters. The number of nitrogens with one attached hydrogen (secondary N) is 1. The lowest BCUT2D eigenvalue weighted by Crippen LogP contribution is -2.25. The lowest BCUT2D eigenvalue weighted by Gasteiger charge is -2.08. The smallest absolute Gasteiger partial charge is 0.240 e. The number of nitrogens with zero attached hydrogens (tertiary/aromatic N) is 2. The molecule has 3 aromatic rings. The summed E-state index contributed by atoms with van der Waals surface area (Å²) >= 11 is 3.29. The van der Waals surface area contributed by atoms with Crippen molar-refractivity contribution in [3.8, 4) is 0 Å². The van der Waals surface area contributed by atoms with Crippen LogP contribution >= 0.6 is 15.9 Å². The largest absolute Gasteiger partial charge is 0.332 e. The first-order chi connectivity index (χ1) is 11.1. The molecular weight excluding hydrogens is 378 g/mol. The average Bonchev–Trinajstić information content (AvgIpc) is 2.95. The molecule has 0 aliphatic rings. The number of aryl methyl sites for hydroxylation is 1. The van der Waals surface area contributed by atoms with E-state index in [0.29, 0.717) is 19.5 Å². The van der Waals surface area contributed by atoms with E-state index in [1.165, 1.54) is 0 Å². The van der Waals surface area contributed by atoms with Gasteiger partial charge < -0.3 is 4.57 Å². The Bertz CT molecular complexity index is 904. The minimum atomic E-state index is -3.46. The van der Waals surface area contributed by atoms with Crippen LogP contribution in [0.5, 0.6) is 0 Å². The maximum Gasteiger partial charge on any atom is 0.240 e. The van der Waals surface area contributed by atoms with Crippen LogP contribution in [-0.4, -0.2) is 24.5 Å². The van der Waals surface area contributed by atoms with Crippen LogP contribution in [-0.2, 0) is 16.6 Å². The second kappa shape index (κ2) is 6.82. The highest BCUT2D eigenvalue weighted by Crippen LogP contribution is 2.15. The van der Waals surface area contributed by atoms with Crippen molar-refractivity contribution in [2.45, 2.75) is 17.9 Å². The van der Waals surface area contributed by atoms with Gasteiger partial charge in [-0.05, 0) is 48.9 Å². The highest BCUT2D eigenvalue weighted by atomic mass is 79.9. The third-order valence-electron chi connectivity index (χ3n) is 3.51. The number of hydrogen-bond acceptors (Lipinski definition) is 3. The van der Waals surface area contributed by atoms with Crippen LogP contribution in [0.2, 0.25) is 0 Å². The Balaban J connectivity index is 1.58. The molecule has 1 N–H and O–H groups in total. The van der Waals surface area contributed by atoms with Crippen LogP contribution in [0.1, 0.15) is 6.42 Å². The molecule has 1 aromatic carbocycles. The van der Waals surface area contributed by atoms with Gasteiger partial charge in [0.15, 0.2) is 0 Å². The van der Waals surface area contributed by atoms with Crippen molar-refractivity contribution in [1.29, 1.82) is 0 Å². The number of fused-ring (bicyclic) bond motifs is 1. The number of pyridine rings is 1. The Morgan fingerprint density at radius 2 is 1.91 bits per heavy atom. The second-order valence-electron chi connectivity index (χ2n) is 5.13. The summed E-state index contributed by atoms with van der Waals surface area (Å²) in [7, 11) is -3.46. The summed E-state index contributed by atoms with van der Waals surface area (Å²) < 4.78 is 29.9. The van der Waals surface area contributed by atoms with Gasteiger partial charge in [0.25, 0.3) is 0 Å². The van der Waals surface area contributed by atoms with Crippen LogP contribution in [0.3, 0.4) is 0 Å². The Labute approximate surface area is 143 Å². The molecule has 5 nitrogen and oxygen atoms in total. The van der Waals surface area contributed by atoms with Gasteiger partial charge in [0.05, 0.1) is 4.90 Å². The normalized spacial score (nSPS) is 11.9. The molecule has 0 saturated heterocycles. The first kappa shape index (κ1) is 16.2. The SMILES string of the molecule is O=S(=O)(NCCCn1ccc2cccnc21)c1ccc(Br)cc1. The minimum absolute atomic E-state index is 0.272. The van der Waals surface area contributed by atoms with Crippen molar-refractivity contribution >= 4 is 37.0 Å². The van der Waals surface area contributed by atoms with E-state index in [2.05, 4.69) is 25.6 Å². The Morgan fingerprint density at radius 1 is 1.13 bits per heavy atom. The second-order valence-corrected chi connectivity index (χ2v) is 7.81. The molecule has 2 heterocycles. The van der Waals surface area contributed by atoms with Gasteiger partial charge >= 0.3 is 0 Å². The molecular formula is C16H16BrN3O2S. The number of sulfonamides is 1. The van der Waals surface area contributed by atoms with Crippen molar-refractivity contribution in [1.82, 2.24) is 14.3 Å². The maximum atomic E-state index is 12.2. The maximum absolute atomic E-state index is 12.2. The van der Waals surface area contributed by atoms with E-state index in [1.807, 2.05) is 29.0 Å². The molecule has 0 bridgehead atoms. The van der Waals surface area contributed by atoms with Crippen LogP contribution in [0.15, 0.2) is 64.2 Å². The monoisotopic (exact) mass is 393 g/mol. The summed E-state index contributed by atoms with van der Waals surface area (Å²) in [5.74, 6) is 0. The van der Waals surface area contributed by atoms with E-state index in [0.717, 1.165) is 15.5 Å². The molecule has 2 aromatic heterocycles. The zero-order valence-electron chi connectivity index (χ0n) is 12.3. The van der Waals surface area contributed by atoms with E-state index in [-0.39, 0.29) is 4.90 Å². The minimum Gasteiger partial charge on any atom is -0.332 e. The zero-order valence-corrected chi connectivity index (χ0v) is 14.7. The standard InChI is InChI=1S/C16H16BrN3O2S/c17-14-4-6-15(7-5-14)23(21,22)19-10-2-11-20-12-8-13-3-1-9-18-16(13)20/h1,3-9,12,19H,2,10-11H2. The molecule has 0 saturated carbocycles. The summed E-state index contributed by atoms with van der Waals surface area (Å²) in [5.41, 5.74) is 0.920. The third kappa shape index (κ3) is 3.80. The summed E-state index contributed by atoms with van der Waals surface area (Å²) in [6.45, 7) is 1.09. The van der Waals surface area contributed by atoms with E-state index in [9.17, 15) is 8.42 Å². The summed E-state index contributed by atoms with van der Waals surface area (Å²) in [6, 6.07) is 12.5. The van der Waals surface area contributed by atoms with Crippen LogP contribution < -0.4 is 4.72 Å². The predicted octanol–water partition coefficient (Wildman–Crippen LogP) is 3.17. The third-order valence-corrected chi connectivity index (χ3v) is 5.52. The lowest BCUT2D eigenvalue weighted by atomic mass is 10.3. The fourth-order valence-electron chi connectivity index (χ4n) is 2.35. The fraction of sp³-hybridized carbons (Fsp3) is 0.188. The molecule has 0 atom stereocenters. The highest BCUT2D eigenvalue weighted by molar-refractivity contribution is 9.10. The van der Waals surface area contributed by atoms with Crippen molar-refractivity contribution in [3.63, 3.8) is 0 Å². The van der Waals surface area contributed by atoms with E-state index in [4.69, 9.17) is 0 Å². The predicted molar refractivity (Wildman–Crippen MR) is 93.7 cm³/mol. The molecule has 0 aliphatic carbocycles. The number of benzene rings is 1. The topological polar surface area (TPSA) is 64.0 Å². The van der Waals surface area contributed by atoms with Gasteiger partial charge in [0.1, 0.15) is 5.65 Å². The van der Waals surface area contributed by atoms with Crippen LogP contribution in [0.25, 0.3) is 11.0 Å². The van der Waals surface area contributed by atoms with Crippen LogP contribution in [0.4, 0.5) is 0 Å². The average molecular weight is 394 g/mol. The Hall–Kier alpha value is -1.70. The molecule has 0 radical (unpaired) electrons. The lowest BCUT2D eigenvalue weighted by molar-refractivity contribution is 0.571. The molecule has 120 valence electrons. The fourth-order valence-corrected chi connectivity index (χ4v) is 3.69. The molecule has 0 fully saturated rings. The number of aromatic nitrogens is 2. The first-order valence-corrected chi connectivity index (χ1v) is 9.49. The number of hydrogen-bond donors (Lipinski definition) is 1. The number of halogens is 1. The Kier molecular flexibility index (Phi) is 4.79. The number of rotatable bonds is 6. The van der Waals surface area contributed by atoms with Gasteiger partial charge in [-0.25, -0.2) is 18.1 Å². The molecule has 23 heavy (non-hydrogen) atoms. The molecule has 7 heteroatoms. The summed E-state index contributed by atoms with van der Waals surface area (Å²) in [6.07, 6.45) is 4.42.